The number of nitrogens with one attached hydrogen (secondary N) is 2. The van der Waals surface area contributed by atoms with E-state index in [-0.39, 0.29) is 11.7 Å². The Morgan fingerprint density at radius 1 is 1.24 bits per heavy atom. The summed E-state index contributed by atoms with van der Waals surface area (Å²) in [5.41, 5.74) is 2.03. The topological polar surface area (TPSA) is 79.0 Å². The van der Waals surface area contributed by atoms with Crippen LogP contribution in [0, 0.1) is 6.92 Å². The van der Waals surface area contributed by atoms with Crippen LogP contribution in [0.25, 0.3) is 0 Å². The molecule has 0 saturated heterocycles. The van der Waals surface area contributed by atoms with Crippen molar-refractivity contribution in [1.82, 2.24) is 10.3 Å². The van der Waals surface area contributed by atoms with Gasteiger partial charge < -0.3 is 10.3 Å². The molecule has 1 aromatic carbocycles. The number of H-pyrrole nitrogens is 1. The lowest BCUT2D eigenvalue weighted by Gasteiger charge is -2.18. The van der Waals surface area contributed by atoms with Gasteiger partial charge in [-0.15, -0.1) is 0 Å². The van der Waals surface area contributed by atoms with Crippen LogP contribution >= 0.6 is 0 Å². The van der Waals surface area contributed by atoms with Crippen molar-refractivity contribution < 1.29 is 13.2 Å². The molecule has 2 N–H and O–H groups in total. The normalized spacial score (nSPS) is 12.9. The minimum Gasteiger partial charge on any atom is -0.365 e. The molecule has 0 bridgehead atoms. The van der Waals surface area contributed by atoms with Crippen LogP contribution < -0.4 is 5.32 Å². The van der Waals surface area contributed by atoms with E-state index < -0.39 is 15.9 Å². The lowest BCUT2D eigenvalue weighted by molar-refractivity contribution is 0.0940. The summed E-state index contributed by atoms with van der Waals surface area (Å²) in [5, 5.41) is 2.79. The molecule has 0 aliphatic carbocycles. The Labute approximate surface area is 124 Å². The summed E-state index contributed by atoms with van der Waals surface area (Å²) >= 11 is 0. The number of aromatic nitrogens is 1. The van der Waals surface area contributed by atoms with E-state index >= 15 is 0 Å². The molecule has 0 radical (unpaired) electrons. The van der Waals surface area contributed by atoms with Crippen LogP contribution in [0.1, 0.15) is 27.7 Å². The number of aryl methyl sites for hydroxylation is 1. The van der Waals surface area contributed by atoms with Crippen molar-refractivity contribution in [3.63, 3.8) is 0 Å². The third-order valence-electron chi connectivity index (χ3n) is 3.18. The predicted octanol–water partition coefficient (Wildman–Crippen LogP) is 1.84. The van der Waals surface area contributed by atoms with E-state index in [9.17, 15) is 13.2 Å². The third kappa shape index (κ3) is 4.19. The molecule has 0 aliphatic rings. The maximum atomic E-state index is 12.3. The number of hydrogen-bond donors (Lipinski definition) is 2. The highest BCUT2D eigenvalue weighted by molar-refractivity contribution is 7.90. The number of carbonyl (C=O) groups excluding carboxylic acids is 1. The number of rotatable bonds is 5. The second-order valence-electron chi connectivity index (χ2n) is 5.05. The smallest absolute Gasteiger partial charge is 0.253 e. The van der Waals surface area contributed by atoms with Crippen molar-refractivity contribution in [1.29, 1.82) is 0 Å². The van der Waals surface area contributed by atoms with Crippen LogP contribution in [0.2, 0.25) is 0 Å². The van der Waals surface area contributed by atoms with Gasteiger partial charge in [-0.1, -0.05) is 30.3 Å². The molecule has 1 aromatic heterocycles. The van der Waals surface area contributed by atoms with Gasteiger partial charge in [-0.05, 0) is 18.6 Å². The summed E-state index contributed by atoms with van der Waals surface area (Å²) in [4.78, 5) is 15.2. The van der Waals surface area contributed by atoms with Gasteiger partial charge >= 0.3 is 0 Å². The van der Waals surface area contributed by atoms with Gasteiger partial charge in [0.05, 0.1) is 17.4 Å². The molecule has 21 heavy (non-hydrogen) atoms. The maximum absolute atomic E-state index is 12.3. The summed E-state index contributed by atoms with van der Waals surface area (Å²) in [7, 11) is -3.22. The lowest BCUT2D eigenvalue weighted by atomic mass is 10.1. The van der Waals surface area contributed by atoms with Gasteiger partial charge in [0.1, 0.15) is 9.84 Å². The Kier molecular flexibility index (Phi) is 4.47. The number of carbonyl (C=O) groups is 1. The number of sulfone groups is 1. The van der Waals surface area contributed by atoms with Gasteiger partial charge in [-0.3, -0.25) is 4.79 Å². The molecular formula is C15H18N2O3S. The van der Waals surface area contributed by atoms with Crippen molar-refractivity contribution in [2.24, 2.45) is 0 Å². The first kappa shape index (κ1) is 15.3. The van der Waals surface area contributed by atoms with Gasteiger partial charge in [0.15, 0.2) is 0 Å². The minimum atomic E-state index is -3.22. The second kappa shape index (κ2) is 6.13. The van der Waals surface area contributed by atoms with Gasteiger partial charge in [0.2, 0.25) is 0 Å². The third-order valence-corrected chi connectivity index (χ3v) is 4.11. The molecule has 1 amide bonds. The van der Waals surface area contributed by atoms with Crippen molar-refractivity contribution >= 4 is 15.7 Å². The first-order chi connectivity index (χ1) is 9.87. The summed E-state index contributed by atoms with van der Waals surface area (Å²) < 4.78 is 23.2. The van der Waals surface area contributed by atoms with E-state index in [1.807, 2.05) is 18.2 Å². The molecule has 2 rings (SSSR count). The summed E-state index contributed by atoms with van der Waals surface area (Å²) in [5.74, 6) is -0.419. The highest BCUT2D eigenvalue weighted by Gasteiger charge is 2.21. The van der Waals surface area contributed by atoms with Crippen LogP contribution in [-0.2, 0) is 9.84 Å². The highest BCUT2D eigenvalue weighted by atomic mass is 32.2. The molecular weight excluding hydrogens is 288 g/mol. The van der Waals surface area contributed by atoms with Crippen molar-refractivity contribution in [2.45, 2.75) is 13.0 Å². The van der Waals surface area contributed by atoms with E-state index in [2.05, 4.69) is 10.3 Å². The maximum Gasteiger partial charge on any atom is 0.253 e. The fourth-order valence-electron chi connectivity index (χ4n) is 2.14. The van der Waals surface area contributed by atoms with Gasteiger partial charge in [-0.25, -0.2) is 8.42 Å². The predicted molar refractivity (Wildman–Crippen MR) is 81.9 cm³/mol. The fraction of sp³-hybridized carbons (Fsp3) is 0.267. The van der Waals surface area contributed by atoms with E-state index in [4.69, 9.17) is 0 Å². The molecule has 1 heterocycles. The highest BCUT2D eigenvalue weighted by Crippen LogP contribution is 2.16. The largest absolute Gasteiger partial charge is 0.365 e. The standard InChI is InChI=1S/C15H18N2O3S/c1-11-13(8-9-16-11)15(18)17-14(10-21(2,19)20)12-6-4-3-5-7-12/h3-9,14,16H,10H2,1-2H3,(H,17,18)/t14-/m1/s1. The molecule has 1 atom stereocenters. The van der Waals surface area contributed by atoms with Crippen molar-refractivity contribution in [3.8, 4) is 0 Å². The number of benzene rings is 1. The van der Waals surface area contributed by atoms with Crippen LogP contribution in [0.5, 0.6) is 0 Å². The Hall–Kier alpha value is -2.08. The van der Waals surface area contributed by atoms with Gasteiger partial charge in [0, 0.05) is 18.1 Å². The zero-order valence-electron chi connectivity index (χ0n) is 12.0. The lowest BCUT2D eigenvalue weighted by Crippen LogP contribution is -2.33. The Balaban J connectivity index is 2.25. The van der Waals surface area contributed by atoms with Gasteiger partial charge in [0.25, 0.3) is 5.91 Å². The first-order valence-corrected chi connectivity index (χ1v) is 8.60. The molecule has 0 aliphatic heterocycles. The second-order valence-corrected chi connectivity index (χ2v) is 7.23. The molecule has 5 nitrogen and oxygen atoms in total. The minimum absolute atomic E-state index is 0.133. The number of hydrogen-bond acceptors (Lipinski definition) is 3. The average molecular weight is 306 g/mol. The summed E-state index contributed by atoms with van der Waals surface area (Å²) in [6.07, 6.45) is 2.84. The van der Waals surface area contributed by atoms with Crippen LogP contribution in [0.15, 0.2) is 42.6 Å². The zero-order valence-corrected chi connectivity index (χ0v) is 12.8. The molecule has 0 unspecified atom stereocenters. The number of aromatic amines is 1. The first-order valence-electron chi connectivity index (χ1n) is 6.54. The fourth-order valence-corrected chi connectivity index (χ4v) is 3.03. The number of amides is 1. The molecule has 6 heteroatoms. The molecule has 0 saturated carbocycles. The quantitative estimate of drug-likeness (QED) is 0.884. The van der Waals surface area contributed by atoms with Crippen molar-refractivity contribution in [2.75, 3.05) is 12.0 Å². The Morgan fingerprint density at radius 3 is 2.43 bits per heavy atom. The van der Waals surface area contributed by atoms with E-state index in [0.29, 0.717) is 5.56 Å². The van der Waals surface area contributed by atoms with E-state index in [0.717, 1.165) is 17.5 Å². The Bertz CT molecular complexity index is 720. The van der Waals surface area contributed by atoms with Crippen LogP contribution in [0.4, 0.5) is 0 Å². The van der Waals surface area contributed by atoms with Crippen LogP contribution in [-0.4, -0.2) is 31.3 Å². The Morgan fingerprint density at radius 2 is 1.90 bits per heavy atom. The average Bonchev–Trinajstić information content (AvgIpc) is 2.84. The summed E-state index contributed by atoms with van der Waals surface area (Å²) in [6.45, 7) is 1.79. The zero-order chi connectivity index (χ0) is 15.5. The van der Waals surface area contributed by atoms with Gasteiger partial charge in [-0.2, -0.15) is 0 Å². The van der Waals surface area contributed by atoms with E-state index in [1.54, 1.807) is 31.3 Å². The van der Waals surface area contributed by atoms with Crippen molar-refractivity contribution in [3.05, 3.63) is 59.4 Å². The molecule has 112 valence electrons. The molecule has 0 fully saturated rings. The van der Waals surface area contributed by atoms with E-state index in [1.165, 1.54) is 0 Å². The van der Waals surface area contributed by atoms with Crippen LogP contribution in [0.3, 0.4) is 0 Å². The molecule has 0 spiro atoms. The monoisotopic (exact) mass is 306 g/mol. The summed E-state index contributed by atoms with van der Waals surface area (Å²) in [6, 6.07) is 10.2. The SMILES string of the molecule is Cc1[nH]ccc1C(=O)N[C@H](CS(C)(=O)=O)c1ccccc1. The molecule has 2 aromatic rings.